The minimum Gasteiger partial charge on any atom is -0.480 e. The molecule has 0 spiro atoms. The monoisotopic (exact) mass is 349 g/mol. The molecule has 1 amide bonds. The first-order valence-corrected chi connectivity index (χ1v) is 8.16. The Morgan fingerprint density at radius 2 is 2.08 bits per heavy atom. The number of carbonyl (C=O) groups is 2. The summed E-state index contributed by atoms with van der Waals surface area (Å²) < 4.78 is 1.01. The molecule has 1 unspecified atom stereocenters. The smallest absolute Gasteiger partial charge is 0.323 e. The largest absolute Gasteiger partial charge is 0.480 e. The summed E-state index contributed by atoms with van der Waals surface area (Å²) in [5, 5.41) is 9.75. The molecule has 24 heavy (non-hydrogen) atoms. The molecule has 7 nitrogen and oxygen atoms in total. The molecule has 2 rings (SSSR count). The molecule has 0 aliphatic heterocycles. The number of aryl methyl sites for hydroxylation is 2. The van der Waals surface area contributed by atoms with E-state index in [4.69, 9.17) is 5.11 Å². The van der Waals surface area contributed by atoms with Crippen molar-refractivity contribution < 1.29 is 14.7 Å². The summed E-state index contributed by atoms with van der Waals surface area (Å²) in [4.78, 5) is 42.6. The molecule has 1 N–H and O–H groups in total. The van der Waals surface area contributed by atoms with E-state index in [1.54, 1.807) is 7.05 Å². The van der Waals surface area contributed by atoms with E-state index in [1.807, 2.05) is 20.8 Å². The topological polar surface area (TPSA) is 92.5 Å². The average Bonchev–Trinajstić information content (AvgIpc) is 2.85. The predicted octanol–water partition coefficient (Wildman–Crippen LogP) is 1.84. The number of pyridine rings is 1. The van der Waals surface area contributed by atoms with E-state index in [0.717, 1.165) is 20.1 Å². The zero-order chi connectivity index (χ0) is 18.0. The van der Waals surface area contributed by atoms with Crippen molar-refractivity contribution in [3.8, 4) is 0 Å². The van der Waals surface area contributed by atoms with Crippen LogP contribution in [0.5, 0.6) is 0 Å². The van der Waals surface area contributed by atoms with Gasteiger partial charge in [-0.2, -0.15) is 0 Å². The third kappa shape index (κ3) is 3.53. The van der Waals surface area contributed by atoms with Crippen molar-refractivity contribution in [2.75, 3.05) is 7.05 Å². The molecular formula is C16H19N3O4S. The zero-order valence-corrected chi connectivity index (χ0v) is 14.8. The van der Waals surface area contributed by atoms with Gasteiger partial charge in [0, 0.05) is 18.1 Å². The quantitative estimate of drug-likeness (QED) is 0.889. The maximum atomic E-state index is 12.7. The molecule has 0 saturated carbocycles. The van der Waals surface area contributed by atoms with Crippen molar-refractivity contribution in [3.05, 3.63) is 49.8 Å². The lowest BCUT2D eigenvalue weighted by atomic mass is 10.1. The Balaban J connectivity index is 2.33. The van der Waals surface area contributed by atoms with Gasteiger partial charge in [-0.15, -0.1) is 11.3 Å². The number of carbonyl (C=O) groups excluding carboxylic acids is 1. The minimum absolute atomic E-state index is 0.0491. The Bertz CT molecular complexity index is 840. The zero-order valence-electron chi connectivity index (χ0n) is 13.9. The Hall–Kier alpha value is -2.48. The van der Waals surface area contributed by atoms with Crippen LogP contribution in [0, 0.1) is 13.8 Å². The number of hydrogen-bond donors (Lipinski definition) is 1. The van der Waals surface area contributed by atoms with Gasteiger partial charge < -0.3 is 14.6 Å². The first-order chi connectivity index (χ1) is 11.2. The van der Waals surface area contributed by atoms with Crippen LogP contribution in [0.4, 0.5) is 0 Å². The summed E-state index contributed by atoms with van der Waals surface area (Å²) in [5.74, 6) is -1.59. The normalized spacial score (nSPS) is 12.0. The fourth-order valence-electron chi connectivity index (χ4n) is 2.45. The number of hydrogen-bond acceptors (Lipinski definition) is 5. The lowest BCUT2D eigenvalue weighted by Crippen LogP contribution is -2.36. The van der Waals surface area contributed by atoms with Crippen LogP contribution in [-0.2, 0) is 11.3 Å². The van der Waals surface area contributed by atoms with Gasteiger partial charge in [0.15, 0.2) is 0 Å². The number of carboxylic acids is 1. The SMILES string of the molecule is Cc1nc(C)c(C(C)N(C)C(=O)c2cccn(CC(=O)O)c2=O)s1. The number of carboxylic acid groups (broad SMARTS) is 1. The number of aliphatic carboxylic acids is 1. The van der Waals surface area contributed by atoms with Gasteiger partial charge in [0.05, 0.1) is 16.7 Å². The van der Waals surface area contributed by atoms with E-state index < -0.39 is 24.0 Å². The van der Waals surface area contributed by atoms with E-state index in [2.05, 4.69) is 4.98 Å². The van der Waals surface area contributed by atoms with E-state index >= 15 is 0 Å². The third-order valence-electron chi connectivity index (χ3n) is 3.78. The van der Waals surface area contributed by atoms with Crippen LogP contribution in [0.1, 0.15) is 38.9 Å². The van der Waals surface area contributed by atoms with Gasteiger partial charge in [-0.25, -0.2) is 4.98 Å². The summed E-state index contributed by atoms with van der Waals surface area (Å²) in [5.41, 5.74) is 0.203. The van der Waals surface area contributed by atoms with Gasteiger partial charge in [0.1, 0.15) is 12.1 Å². The van der Waals surface area contributed by atoms with E-state index in [9.17, 15) is 14.4 Å². The van der Waals surface area contributed by atoms with Gasteiger partial charge in [-0.1, -0.05) is 0 Å². The number of amides is 1. The fourth-order valence-corrected chi connectivity index (χ4v) is 3.47. The first kappa shape index (κ1) is 17.9. The van der Waals surface area contributed by atoms with Crippen LogP contribution in [0.2, 0.25) is 0 Å². The Kier molecular flexibility index (Phi) is 5.18. The Morgan fingerprint density at radius 3 is 2.62 bits per heavy atom. The second-order valence-electron chi connectivity index (χ2n) is 5.52. The van der Waals surface area contributed by atoms with Crippen molar-refractivity contribution in [2.45, 2.75) is 33.4 Å². The van der Waals surface area contributed by atoms with Crippen molar-refractivity contribution in [2.24, 2.45) is 0 Å². The van der Waals surface area contributed by atoms with Crippen molar-refractivity contribution in [1.29, 1.82) is 0 Å². The van der Waals surface area contributed by atoms with Gasteiger partial charge in [-0.05, 0) is 32.9 Å². The number of nitrogens with zero attached hydrogens (tertiary/aromatic N) is 3. The molecule has 2 aromatic heterocycles. The molecule has 2 aromatic rings. The summed E-state index contributed by atoms with van der Waals surface area (Å²) >= 11 is 1.51. The average molecular weight is 349 g/mol. The van der Waals surface area contributed by atoms with Crippen LogP contribution in [0.3, 0.4) is 0 Å². The summed E-state index contributed by atoms with van der Waals surface area (Å²) in [7, 11) is 1.62. The van der Waals surface area contributed by atoms with Crippen molar-refractivity contribution in [1.82, 2.24) is 14.5 Å². The number of aromatic nitrogens is 2. The van der Waals surface area contributed by atoms with Gasteiger partial charge >= 0.3 is 5.97 Å². The molecule has 8 heteroatoms. The highest BCUT2D eigenvalue weighted by molar-refractivity contribution is 7.11. The highest BCUT2D eigenvalue weighted by Gasteiger charge is 2.24. The highest BCUT2D eigenvalue weighted by atomic mass is 32.1. The van der Waals surface area contributed by atoms with Gasteiger partial charge in [-0.3, -0.25) is 14.4 Å². The molecule has 1 atom stereocenters. The Labute approximate surface area is 143 Å². The van der Waals surface area contributed by atoms with Crippen LogP contribution in [-0.4, -0.2) is 38.5 Å². The third-order valence-corrected chi connectivity index (χ3v) is 5.02. The molecule has 0 fully saturated rings. The van der Waals surface area contributed by atoms with Crippen molar-refractivity contribution in [3.63, 3.8) is 0 Å². The van der Waals surface area contributed by atoms with Gasteiger partial charge in [0.2, 0.25) is 0 Å². The predicted molar refractivity (Wildman–Crippen MR) is 90.4 cm³/mol. The summed E-state index contributed by atoms with van der Waals surface area (Å²) in [6, 6.07) is 2.67. The van der Waals surface area contributed by atoms with E-state index in [0.29, 0.717) is 0 Å². The summed E-state index contributed by atoms with van der Waals surface area (Å²) in [6.45, 7) is 5.18. The van der Waals surface area contributed by atoms with E-state index in [-0.39, 0.29) is 11.6 Å². The fraction of sp³-hybridized carbons (Fsp3) is 0.375. The second kappa shape index (κ2) is 6.96. The molecule has 128 valence electrons. The maximum absolute atomic E-state index is 12.7. The second-order valence-corrected chi connectivity index (χ2v) is 6.76. The standard InChI is InChI=1S/C16H19N3O4S/c1-9-14(24-11(3)17-9)10(2)18(4)15(22)12-6-5-7-19(16(12)23)8-13(20)21/h5-7,10H,8H2,1-4H3,(H,20,21). The van der Waals surface area contributed by atoms with Crippen LogP contribution in [0.25, 0.3) is 0 Å². The number of rotatable bonds is 5. The molecule has 0 saturated heterocycles. The molecule has 0 aromatic carbocycles. The van der Waals surface area contributed by atoms with Crippen LogP contribution in [0.15, 0.2) is 23.1 Å². The molecule has 2 heterocycles. The van der Waals surface area contributed by atoms with Crippen molar-refractivity contribution >= 4 is 23.2 Å². The highest BCUT2D eigenvalue weighted by Crippen LogP contribution is 2.28. The molecule has 0 aliphatic rings. The minimum atomic E-state index is -1.14. The molecule has 0 bridgehead atoms. The lowest BCUT2D eigenvalue weighted by Gasteiger charge is -2.24. The first-order valence-electron chi connectivity index (χ1n) is 7.34. The maximum Gasteiger partial charge on any atom is 0.323 e. The molecule has 0 aliphatic carbocycles. The molecule has 0 radical (unpaired) electrons. The number of thiazole rings is 1. The lowest BCUT2D eigenvalue weighted by molar-refractivity contribution is -0.137. The Morgan fingerprint density at radius 1 is 1.42 bits per heavy atom. The van der Waals surface area contributed by atoms with Crippen LogP contribution >= 0.6 is 11.3 Å². The van der Waals surface area contributed by atoms with Crippen LogP contribution < -0.4 is 5.56 Å². The van der Waals surface area contributed by atoms with Gasteiger partial charge in [0.25, 0.3) is 11.5 Å². The molecular weight excluding hydrogens is 330 g/mol. The van der Waals surface area contributed by atoms with E-state index in [1.165, 1.54) is 34.6 Å². The summed E-state index contributed by atoms with van der Waals surface area (Å²) in [6.07, 6.45) is 1.35.